The van der Waals surface area contributed by atoms with Crippen LogP contribution in [-0.4, -0.2) is 26.1 Å². The first-order chi connectivity index (χ1) is 12.6. The summed E-state index contributed by atoms with van der Waals surface area (Å²) in [6, 6.07) is 16.9. The molecule has 2 aromatic carbocycles. The van der Waals surface area contributed by atoms with E-state index in [-0.39, 0.29) is 24.9 Å². The fourth-order valence-electron chi connectivity index (χ4n) is 2.60. The van der Waals surface area contributed by atoms with E-state index in [2.05, 4.69) is 11.4 Å². The van der Waals surface area contributed by atoms with E-state index >= 15 is 0 Å². The minimum absolute atomic E-state index is 0.00768. The number of hydrogen-bond acceptors (Lipinski definition) is 4. The summed E-state index contributed by atoms with van der Waals surface area (Å²) in [5.41, 5.74) is 1.71. The molecule has 1 atom stereocenters. The zero-order valence-electron chi connectivity index (χ0n) is 14.9. The van der Waals surface area contributed by atoms with E-state index < -0.39 is 0 Å². The van der Waals surface area contributed by atoms with Crippen LogP contribution in [0.5, 0.6) is 5.75 Å². The van der Waals surface area contributed by atoms with Gasteiger partial charge in [0.1, 0.15) is 5.75 Å². The molecule has 0 aromatic heterocycles. The highest BCUT2D eigenvalue weighted by atomic mass is 35.5. The SMILES string of the molecule is COc1ccccc1N(CCC#N)C(=O)CN[C@@H](C)c1ccc(Cl)cc1. The number of methoxy groups -OCH3 is 1. The Morgan fingerprint density at radius 3 is 2.62 bits per heavy atom. The number of halogens is 1. The van der Waals surface area contributed by atoms with Gasteiger partial charge in [-0.2, -0.15) is 5.26 Å². The molecule has 0 fully saturated rings. The van der Waals surface area contributed by atoms with Crippen LogP contribution < -0.4 is 15.0 Å². The van der Waals surface area contributed by atoms with Crippen LogP contribution in [0.25, 0.3) is 0 Å². The Hall–Kier alpha value is -2.55. The Balaban J connectivity index is 2.09. The Bertz CT molecular complexity index is 771. The van der Waals surface area contributed by atoms with Gasteiger partial charge in [0.25, 0.3) is 0 Å². The highest BCUT2D eigenvalue weighted by molar-refractivity contribution is 6.30. The van der Waals surface area contributed by atoms with E-state index in [1.165, 1.54) is 0 Å². The number of nitriles is 1. The minimum Gasteiger partial charge on any atom is -0.495 e. The van der Waals surface area contributed by atoms with Gasteiger partial charge in [-0.3, -0.25) is 4.79 Å². The van der Waals surface area contributed by atoms with Crippen molar-refractivity contribution in [3.63, 3.8) is 0 Å². The van der Waals surface area contributed by atoms with E-state index in [9.17, 15) is 4.79 Å². The summed E-state index contributed by atoms with van der Waals surface area (Å²) in [6.45, 7) is 2.44. The third-order valence-corrected chi connectivity index (χ3v) is 4.31. The van der Waals surface area contributed by atoms with Crippen LogP contribution in [0, 0.1) is 11.3 Å². The second-order valence-electron chi connectivity index (χ2n) is 5.78. The minimum atomic E-state index is -0.120. The number of hydrogen-bond donors (Lipinski definition) is 1. The number of benzene rings is 2. The summed E-state index contributed by atoms with van der Waals surface area (Å²) in [6.07, 6.45) is 0.247. The van der Waals surface area contributed by atoms with Crippen LogP contribution in [-0.2, 0) is 4.79 Å². The van der Waals surface area contributed by atoms with Crippen molar-refractivity contribution in [3.8, 4) is 11.8 Å². The van der Waals surface area contributed by atoms with Gasteiger partial charge in [-0.05, 0) is 36.8 Å². The number of carbonyl (C=O) groups is 1. The van der Waals surface area contributed by atoms with Gasteiger partial charge in [-0.15, -0.1) is 0 Å². The number of ether oxygens (including phenoxy) is 1. The van der Waals surface area contributed by atoms with Crippen molar-refractivity contribution in [3.05, 3.63) is 59.1 Å². The first-order valence-corrected chi connectivity index (χ1v) is 8.73. The second-order valence-corrected chi connectivity index (χ2v) is 6.22. The number of rotatable bonds is 8. The summed E-state index contributed by atoms with van der Waals surface area (Å²) < 4.78 is 5.35. The lowest BCUT2D eigenvalue weighted by molar-refractivity contribution is -0.117. The zero-order valence-corrected chi connectivity index (χ0v) is 15.7. The lowest BCUT2D eigenvalue weighted by atomic mass is 10.1. The van der Waals surface area contributed by atoms with Crippen molar-refractivity contribution in [2.24, 2.45) is 0 Å². The Labute approximate surface area is 159 Å². The van der Waals surface area contributed by atoms with Gasteiger partial charge in [-0.1, -0.05) is 35.9 Å². The molecule has 0 aliphatic rings. The summed E-state index contributed by atoms with van der Waals surface area (Å²) in [5.74, 6) is 0.482. The van der Waals surface area contributed by atoms with Gasteiger partial charge < -0.3 is 15.0 Å². The lowest BCUT2D eigenvalue weighted by Gasteiger charge is -2.25. The molecular formula is C20H22ClN3O2. The molecule has 1 amide bonds. The molecule has 26 heavy (non-hydrogen) atoms. The number of anilines is 1. The summed E-state index contributed by atoms with van der Waals surface area (Å²) in [5, 5.41) is 12.8. The largest absolute Gasteiger partial charge is 0.495 e. The maximum atomic E-state index is 12.8. The van der Waals surface area contributed by atoms with Crippen LogP contribution in [0.15, 0.2) is 48.5 Å². The van der Waals surface area contributed by atoms with Crippen molar-refractivity contribution >= 4 is 23.2 Å². The maximum Gasteiger partial charge on any atom is 0.241 e. The molecule has 2 rings (SSSR count). The topological polar surface area (TPSA) is 65.4 Å². The van der Waals surface area contributed by atoms with E-state index in [0.29, 0.717) is 23.0 Å². The first kappa shape index (κ1) is 19.8. The van der Waals surface area contributed by atoms with Crippen LogP contribution in [0.2, 0.25) is 5.02 Å². The van der Waals surface area contributed by atoms with E-state index in [4.69, 9.17) is 21.6 Å². The Morgan fingerprint density at radius 1 is 1.27 bits per heavy atom. The molecule has 0 radical (unpaired) electrons. The highest BCUT2D eigenvalue weighted by Gasteiger charge is 2.19. The van der Waals surface area contributed by atoms with Gasteiger partial charge >= 0.3 is 0 Å². The highest BCUT2D eigenvalue weighted by Crippen LogP contribution is 2.28. The molecule has 0 unspecified atom stereocenters. The number of para-hydroxylation sites is 2. The molecule has 0 saturated heterocycles. The van der Waals surface area contributed by atoms with Crippen molar-refractivity contribution < 1.29 is 9.53 Å². The molecule has 136 valence electrons. The molecule has 0 aliphatic heterocycles. The average molecular weight is 372 g/mol. The second kappa shape index (κ2) is 9.81. The fourth-order valence-corrected chi connectivity index (χ4v) is 2.73. The summed E-state index contributed by atoms with van der Waals surface area (Å²) >= 11 is 5.91. The molecule has 5 nitrogen and oxygen atoms in total. The molecule has 6 heteroatoms. The third-order valence-electron chi connectivity index (χ3n) is 4.05. The molecule has 1 N–H and O–H groups in total. The third kappa shape index (κ3) is 5.22. The van der Waals surface area contributed by atoms with Gasteiger partial charge in [0.05, 0.1) is 31.8 Å². The van der Waals surface area contributed by atoms with Gasteiger partial charge in [-0.25, -0.2) is 0 Å². The molecule has 0 heterocycles. The number of nitrogens with one attached hydrogen (secondary N) is 1. The predicted octanol–water partition coefficient (Wildman–Crippen LogP) is 3.95. The Morgan fingerprint density at radius 2 is 1.96 bits per heavy atom. The number of carbonyl (C=O) groups excluding carboxylic acids is 1. The van der Waals surface area contributed by atoms with Gasteiger partial charge in [0, 0.05) is 17.6 Å². The smallest absolute Gasteiger partial charge is 0.241 e. The summed E-state index contributed by atoms with van der Waals surface area (Å²) in [4.78, 5) is 14.4. The van der Waals surface area contributed by atoms with Gasteiger partial charge in [0.15, 0.2) is 0 Å². The average Bonchev–Trinajstić information content (AvgIpc) is 2.67. The van der Waals surface area contributed by atoms with E-state index in [1.54, 1.807) is 18.1 Å². The van der Waals surface area contributed by atoms with Crippen LogP contribution in [0.1, 0.15) is 24.9 Å². The first-order valence-electron chi connectivity index (χ1n) is 8.36. The van der Waals surface area contributed by atoms with Crippen LogP contribution in [0.3, 0.4) is 0 Å². The van der Waals surface area contributed by atoms with E-state index in [0.717, 1.165) is 5.56 Å². The molecule has 0 saturated carbocycles. The van der Waals surface area contributed by atoms with Crippen LogP contribution >= 0.6 is 11.6 Å². The van der Waals surface area contributed by atoms with Crippen molar-refractivity contribution in [2.45, 2.75) is 19.4 Å². The summed E-state index contributed by atoms with van der Waals surface area (Å²) in [7, 11) is 1.56. The number of amides is 1. The normalized spacial score (nSPS) is 11.5. The molecule has 0 aliphatic carbocycles. The Kier molecular flexibility index (Phi) is 7.46. The standard InChI is InChI=1S/C20H22ClN3O2/c1-15(16-8-10-17(21)11-9-16)23-14-20(25)24(13-5-12-22)18-6-3-4-7-19(18)26-2/h3-4,6-11,15,23H,5,13-14H2,1-2H3/t15-/m0/s1. The fraction of sp³-hybridized carbons (Fsp3) is 0.300. The van der Waals surface area contributed by atoms with Crippen molar-refractivity contribution in [1.82, 2.24) is 5.32 Å². The lowest BCUT2D eigenvalue weighted by Crippen LogP contribution is -2.39. The molecule has 2 aromatic rings. The predicted molar refractivity (Wildman–Crippen MR) is 103 cm³/mol. The molecular weight excluding hydrogens is 350 g/mol. The number of nitrogens with zero attached hydrogens (tertiary/aromatic N) is 2. The molecule has 0 spiro atoms. The van der Waals surface area contributed by atoms with Crippen molar-refractivity contribution in [2.75, 3.05) is 25.1 Å². The van der Waals surface area contributed by atoms with Crippen LogP contribution in [0.4, 0.5) is 5.69 Å². The quantitative estimate of drug-likeness (QED) is 0.763. The van der Waals surface area contributed by atoms with Gasteiger partial charge in [0.2, 0.25) is 5.91 Å². The van der Waals surface area contributed by atoms with Crippen molar-refractivity contribution in [1.29, 1.82) is 5.26 Å². The van der Waals surface area contributed by atoms with E-state index in [1.807, 2.05) is 49.4 Å². The monoisotopic (exact) mass is 371 g/mol. The zero-order chi connectivity index (χ0) is 18.9. The molecule has 0 bridgehead atoms. The maximum absolute atomic E-state index is 12.8.